The molecule has 0 fully saturated rings. The molecule has 1 heterocycles. The van der Waals surface area contributed by atoms with E-state index in [1.807, 2.05) is 24.3 Å². The summed E-state index contributed by atoms with van der Waals surface area (Å²) >= 11 is 6.05. The molecule has 3 heteroatoms. The summed E-state index contributed by atoms with van der Waals surface area (Å²) in [4.78, 5) is 3.34. The molecule has 3 rings (SSSR count). The molecular weight excluding hydrogens is 258 g/mol. The predicted molar refractivity (Wildman–Crippen MR) is 78.8 cm³/mol. The van der Waals surface area contributed by atoms with Crippen LogP contribution in [0.25, 0.3) is 10.9 Å². The first-order chi connectivity index (χ1) is 9.22. The Morgan fingerprint density at radius 3 is 2.79 bits per heavy atom. The fourth-order valence-corrected chi connectivity index (χ4v) is 2.30. The third-order valence-corrected chi connectivity index (χ3v) is 3.36. The molecule has 0 aliphatic rings. The number of hydrogen-bond acceptors (Lipinski definition) is 1. The van der Waals surface area contributed by atoms with Crippen LogP contribution in [0.3, 0.4) is 0 Å². The first kappa shape index (κ1) is 12.1. The van der Waals surface area contributed by atoms with Crippen LogP contribution in [0, 0.1) is 6.92 Å². The highest BCUT2D eigenvalue weighted by molar-refractivity contribution is 6.32. The SMILES string of the molecule is Cc1ccc2[nH]c(COc3ccccc3Cl)cc2c1. The minimum atomic E-state index is 0.484. The van der Waals surface area contributed by atoms with Crippen LogP contribution in [0.4, 0.5) is 0 Å². The summed E-state index contributed by atoms with van der Waals surface area (Å²) in [6.45, 7) is 2.57. The van der Waals surface area contributed by atoms with E-state index in [2.05, 4.69) is 36.2 Å². The Labute approximate surface area is 117 Å². The van der Waals surface area contributed by atoms with Gasteiger partial charge in [0.2, 0.25) is 0 Å². The maximum atomic E-state index is 6.05. The summed E-state index contributed by atoms with van der Waals surface area (Å²) in [5, 5.41) is 1.84. The lowest BCUT2D eigenvalue weighted by molar-refractivity contribution is 0.302. The van der Waals surface area contributed by atoms with Crippen molar-refractivity contribution < 1.29 is 4.74 Å². The second-order valence-electron chi connectivity index (χ2n) is 4.60. The number of rotatable bonds is 3. The first-order valence-corrected chi connectivity index (χ1v) is 6.56. The molecule has 0 bridgehead atoms. The smallest absolute Gasteiger partial charge is 0.138 e. The molecule has 0 unspecified atom stereocenters. The van der Waals surface area contributed by atoms with Gasteiger partial charge in [-0.05, 0) is 37.3 Å². The molecule has 0 radical (unpaired) electrons. The Kier molecular flexibility index (Phi) is 3.18. The largest absolute Gasteiger partial charge is 0.486 e. The normalized spacial score (nSPS) is 10.8. The van der Waals surface area contributed by atoms with Crippen LogP contribution in [0.2, 0.25) is 5.02 Å². The third kappa shape index (κ3) is 2.59. The van der Waals surface area contributed by atoms with Gasteiger partial charge in [0.25, 0.3) is 0 Å². The van der Waals surface area contributed by atoms with E-state index in [1.54, 1.807) is 0 Å². The third-order valence-electron chi connectivity index (χ3n) is 3.05. The monoisotopic (exact) mass is 271 g/mol. The Morgan fingerprint density at radius 1 is 1.11 bits per heavy atom. The zero-order valence-electron chi connectivity index (χ0n) is 10.6. The van der Waals surface area contributed by atoms with Gasteiger partial charge in [0.05, 0.1) is 10.7 Å². The Balaban J connectivity index is 1.80. The predicted octanol–water partition coefficient (Wildman–Crippen LogP) is 4.71. The van der Waals surface area contributed by atoms with Gasteiger partial charge >= 0.3 is 0 Å². The summed E-state index contributed by atoms with van der Waals surface area (Å²) in [7, 11) is 0. The van der Waals surface area contributed by atoms with E-state index in [1.165, 1.54) is 10.9 Å². The second kappa shape index (κ2) is 4.98. The van der Waals surface area contributed by atoms with Gasteiger partial charge in [0, 0.05) is 10.9 Å². The van der Waals surface area contributed by atoms with Gasteiger partial charge in [-0.3, -0.25) is 0 Å². The molecule has 96 valence electrons. The molecule has 0 amide bonds. The lowest BCUT2D eigenvalue weighted by Crippen LogP contribution is -1.95. The Bertz CT molecular complexity index is 718. The van der Waals surface area contributed by atoms with Crippen LogP contribution in [-0.2, 0) is 6.61 Å². The van der Waals surface area contributed by atoms with E-state index in [0.717, 1.165) is 11.2 Å². The number of H-pyrrole nitrogens is 1. The number of para-hydroxylation sites is 1. The number of aryl methyl sites for hydroxylation is 1. The van der Waals surface area contributed by atoms with Gasteiger partial charge in [0.1, 0.15) is 12.4 Å². The first-order valence-electron chi connectivity index (χ1n) is 6.18. The molecule has 1 aromatic heterocycles. The number of nitrogens with one attached hydrogen (secondary N) is 1. The van der Waals surface area contributed by atoms with Crippen LogP contribution in [0.5, 0.6) is 5.75 Å². The zero-order valence-corrected chi connectivity index (χ0v) is 11.4. The average molecular weight is 272 g/mol. The van der Waals surface area contributed by atoms with E-state index < -0.39 is 0 Å². The number of hydrogen-bond donors (Lipinski definition) is 1. The molecule has 0 aliphatic heterocycles. The van der Waals surface area contributed by atoms with E-state index >= 15 is 0 Å². The molecule has 19 heavy (non-hydrogen) atoms. The Hall–Kier alpha value is -1.93. The van der Waals surface area contributed by atoms with E-state index in [-0.39, 0.29) is 0 Å². The van der Waals surface area contributed by atoms with Crippen molar-refractivity contribution in [1.82, 2.24) is 4.98 Å². The fraction of sp³-hybridized carbons (Fsp3) is 0.125. The number of ether oxygens (including phenoxy) is 1. The molecule has 0 saturated carbocycles. The Morgan fingerprint density at radius 2 is 1.95 bits per heavy atom. The van der Waals surface area contributed by atoms with Gasteiger partial charge in [-0.1, -0.05) is 35.4 Å². The lowest BCUT2D eigenvalue weighted by Gasteiger charge is -2.05. The van der Waals surface area contributed by atoms with Crippen molar-refractivity contribution in [2.45, 2.75) is 13.5 Å². The standard InChI is InChI=1S/C16H14ClNO/c1-11-6-7-15-12(8-11)9-13(18-15)10-19-16-5-3-2-4-14(16)17/h2-9,18H,10H2,1H3. The quantitative estimate of drug-likeness (QED) is 0.733. The van der Waals surface area contributed by atoms with Crippen LogP contribution in [0.15, 0.2) is 48.5 Å². The van der Waals surface area contributed by atoms with Gasteiger partial charge in [-0.25, -0.2) is 0 Å². The van der Waals surface area contributed by atoms with Crippen molar-refractivity contribution in [1.29, 1.82) is 0 Å². The minimum absolute atomic E-state index is 0.484. The van der Waals surface area contributed by atoms with E-state index in [9.17, 15) is 0 Å². The topological polar surface area (TPSA) is 25.0 Å². The molecule has 3 aromatic rings. The van der Waals surface area contributed by atoms with Crippen molar-refractivity contribution in [3.8, 4) is 5.75 Å². The highest BCUT2D eigenvalue weighted by Crippen LogP contribution is 2.24. The number of aromatic amines is 1. The molecule has 0 atom stereocenters. The molecule has 1 N–H and O–H groups in total. The summed E-state index contributed by atoms with van der Waals surface area (Å²) in [6.07, 6.45) is 0. The van der Waals surface area contributed by atoms with Crippen LogP contribution in [-0.4, -0.2) is 4.98 Å². The maximum absolute atomic E-state index is 6.05. The summed E-state index contributed by atoms with van der Waals surface area (Å²) in [5.41, 5.74) is 3.42. The number of halogens is 1. The lowest BCUT2D eigenvalue weighted by atomic mass is 10.2. The van der Waals surface area contributed by atoms with Gasteiger partial charge in [-0.2, -0.15) is 0 Å². The van der Waals surface area contributed by atoms with E-state index in [4.69, 9.17) is 16.3 Å². The summed E-state index contributed by atoms with van der Waals surface area (Å²) in [5.74, 6) is 0.707. The zero-order chi connectivity index (χ0) is 13.2. The molecular formula is C16H14ClNO. The highest BCUT2D eigenvalue weighted by Gasteiger charge is 2.04. The van der Waals surface area contributed by atoms with Crippen molar-refractivity contribution in [2.24, 2.45) is 0 Å². The van der Waals surface area contributed by atoms with Crippen molar-refractivity contribution in [3.63, 3.8) is 0 Å². The van der Waals surface area contributed by atoms with Gasteiger partial charge in [-0.15, -0.1) is 0 Å². The second-order valence-corrected chi connectivity index (χ2v) is 5.01. The summed E-state index contributed by atoms with van der Waals surface area (Å²) in [6, 6.07) is 15.9. The average Bonchev–Trinajstić information content (AvgIpc) is 2.79. The number of aromatic nitrogens is 1. The molecule has 2 nitrogen and oxygen atoms in total. The molecule has 0 saturated heterocycles. The van der Waals surface area contributed by atoms with Gasteiger partial charge in [0.15, 0.2) is 0 Å². The van der Waals surface area contributed by atoms with Crippen LogP contribution >= 0.6 is 11.6 Å². The molecule has 0 spiro atoms. The summed E-state index contributed by atoms with van der Waals surface area (Å²) < 4.78 is 5.72. The van der Waals surface area contributed by atoms with Crippen molar-refractivity contribution in [3.05, 3.63) is 64.8 Å². The molecule has 2 aromatic carbocycles. The number of fused-ring (bicyclic) bond motifs is 1. The fourth-order valence-electron chi connectivity index (χ4n) is 2.11. The highest BCUT2D eigenvalue weighted by atomic mass is 35.5. The van der Waals surface area contributed by atoms with Gasteiger partial charge < -0.3 is 9.72 Å². The van der Waals surface area contributed by atoms with Crippen molar-refractivity contribution >= 4 is 22.5 Å². The maximum Gasteiger partial charge on any atom is 0.138 e. The molecule has 0 aliphatic carbocycles. The van der Waals surface area contributed by atoms with Crippen LogP contribution < -0.4 is 4.74 Å². The van der Waals surface area contributed by atoms with Crippen LogP contribution in [0.1, 0.15) is 11.3 Å². The number of benzene rings is 2. The van der Waals surface area contributed by atoms with E-state index in [0.29, 0.717) is 17.4 Å². The minimum Gasteiger partial charge on any atom is -0.486 e. The van der Waals surface area contributed by atoms with Crippen molar-refractivity contribution in [2.75, 3.05) is 0 Å².